The van der Waals surface area contributed by atoms with Crippen molar-refractivity contribution in [2.45, 2.75) is 19.9 Å². The van der Waals surface area contributed by atoms with Crippen molar-refractivity contribution >= 4 is 11.6 Å². The third-order valence-corrected chi connectivity index (χ3v) is 3.70. The Kier molecular flexibility index (Phi) is 4.79. The van der Waals surface area contributed by atoms with Gasteiger partial charge in [-0.2, -0.15) is 0 Å². The fraction of sp³-hybridized carbons (Fsp3) is 0.571. The Bertz CT molecular complexity index is 518. The summed E-state index contributed by atoms with van der Waals surface area (Å²) >= 11 is 0. The summed E-state index contributed by atoms with van der Waals surface area (Å²) in [5.41, 5.74) is 6.28. The minimum absolute atomic E-state index is 0.0133. The van der Waals surface area contributed by atoms with E-state index in [1.807, 2.05) is 4.90 Å². The van der Waals surface area contributed by atoms with Crippen LogP contribution in [0.2, 0.25) is 0 Å². The Hall–Kier alpha value is -1.82. The molecule has 2 rings (SSSR count). The van der Waals surface area contributed by atoms with Crippen LogP contribution in [0, 0.1) is 0 Å². The Labute approximate surface area is 118 Å². The van der Waals surface area contributed by atoms with Crippen LogP contribution in [-0.4, -0.2) is 53.0 Å². The van der Waals surface area contributed by atoms with Crippen molar-refractivity contribution in [1.29, 1.82) is 0 Å². The zero-order chi connectivity index (χ0) is 14.5. The van der Waals surface area contributed by atoms with Crippen LogP contribution >= 0.6 is 0 Å². The van der Waals surface area contributed by atoms with Gasteiger partial charge >= 0.3 is 0 Å². The Morgan fingerprint density at radius 1 is 1.20 bits per heavy atom. The normalized spacial score (nSPS) is 16.4. The van der Waals surface area contributed by atoms with Gasteiger partial charge in [0.2, 0.25) is 5.91 Å². The standard InChI is InChI=1S/C14H22N4O2/c1-12(19)17-9-7-16(8-10-17)5-2-6-18-11-13(15)3-4-14(18)20/h3-4,11H,2,5-10,15H2,1H3. The molecule has 0 radical (unpaired) electrons. The average molecular weight is 278 g/mol. The summed E-state index contributed by atoms with van der Waals surface area (Å²) in [5, 5.41) is 0. The lowest BCUT2D eigenvalue weighted by Gasteiger charge is -2.34. The molecular weight excluding hydrogens is 256 g/mol. The van der Waals surface area contributed by atoms with E-state index in [1.165, 1.54) is 6.07 Å². The third-order valence-electron chi connectivity index (χ3n) is 3.70. The maximum atomic E-state index is 11.6. The Morgan fingerprint density at radius 3 is 2.55 bits per heavy atom. The number of pyridine rings is 1. The first-order valence-corrected chi connectivity index (χ1v) is 7.00. The highest BCUT2D eigenvalue weighted by Gasteiger charge is 2.17. The molecule has 0 spiro atoms. The highest BCUT2D eigenvalue weighted by molar-refractivity contribution is 5.73. The predicted molar refractivity (Wildman–Crippen MR) is 78.4 cm³/mol. The molecule has 2 N–H and O–H groups in total. The Balaban J connectivity index is 1.75. The van der Waals surface area contributed by atoms with E-state index in [-0.39, 0.29) is 11.5 Å². The van der Waals surface area contributed by atoms with Gasteiger partial charge in [0.25, 0.3) is 5.56 Å². The first-order chi connectivity index (χ1) is 9.56. The first kappa shape index (κ1) is 14.6. The number of nitrogens with zero attached hydrogens (tertiary/aromatic N) is 3. The molecule has 0 aliphatic carbocycles. The van der Waals surface area contributed by atoms with E-state index in [4.69, 9.17) is 5.73 Å². The largest absolute Gasteiger partial charge is 0.398 e. The van der Waals surface area contributed by atoms with Gasteiger partial charge in [0.05, 0.1) is 0 Å². The van der Waals surface area contributed by atoms with Gasteiger partial charge in [0, 0.05) is 57.6 Å². The van der Waals surface area contributed by atoms with Crippen LogP contribution in [0.3, 0.4) is 0 Å². The molecule has 20 heavy (non-hydrogen) atoms. The topological polar surface area (TPSA) is 71.6 Å². The number of nitrogens with two attached hydrogens (primary N) is 1. The van der Waals surface area contributed by atoms with Crippen LogP contribution in [0.25, 0.3) is 0 Å². The van der Waals surface area contributed by atoms with E-state index in [0.717, 1.165) is 39.1 Å². The minimum Gasteiger partial charge on any atom is -0.398 e. The number of nitrogen functional groups attached to an aromatic ring is 1. The summed E-state index contributed by atoms with van der Waals surface area (Å²) in [6.07, 6.45) is 2.60. The molecule has 0 bridgehead atoms. The summed E-state index contributed by atoms with van der Waals surface area (Å²) in [4.78, 5) is 27.1. The lowest BCUT2D eigenvalue weighted by Crippen LogP contribution is -2.48. The molecule has 2 heterocycles. The van der Waals surface area contributed by atoms with Crippen molar-refractivity contribution in [2.24, 2.45) is 0 Å². The highest BCUT2D eigenvalue weighted by Crippen LogP contribution is 2.04. The molecule has 6 heteroatoms. The van der Waals surface area contributed by atoms with E-state index >= 15 is 0 Å². The first-order valence-electron chi connectivity index (χ1n) is 7.00. The molecule has 1 amide bonds. The number of rotatable bonds is 4. The number of amides is 1. The summed E-state index contributed by atoms with van der Waals surface area (Å²) in [6.45, 7) is 6.64. The maximum absolute atomic E-state index is 11.6. The SMILES string of the molecule is CC(=O)N1CCN(CCCn2cc(N)ccc2=O)CC1. The van der Waals surface area contributed by atoms with Crippen molar-refractivity contribution in [3.63, 3.8) is 0 Å². The van der Waals surface area contributed by atoms with Crippen molar-refractivity contribution in [2.75, 3.05) is 38.5 Å². The molecular formula is C14H22N4O2. The second-order valence-corrected chi connectivity index (χ2v) is 5.20. The molecule has 0 saturated carbocycles. The van der Waals surface area contributed by atoms with Gasteiger partial charge in [-0.15, -0.1) is 0 Å². The molecule has 1 fully saturated rings. The minimum atomic E-state index is -0.0133. The second-order valence-electron chi connectivity index (χ2n) is 5.20. The maximum Gasteiger partial charge on any atom is 0.250 e. The number of anilines is 1. The summed E-state index contributed by atoms with van der Waals surface area (Å²) < 4.78 is 1.65. The number of aryl methyl sites for hydroxylation is 1. The van der Waals surface area contributed by atoms with Crippen LogP contribution < -0.4 is 11.3 Å². The van der Waals surface area contributed by atoms with Crippen LogP contribution in [-0.2, 0) is 11.3 Å². The van der Waals surface area contributed by atoms with Gasteiger partial charge in [0.15, 0.2) is 0 Å². The monoisotopic (exact) mass is 278 g/mol. The fourth-order valence-electron chi connectivity index (χ4n) is 2.48. The quantitative estimate of drug-likeness (QED) is 0.840. The van der Waals surface area contributed by atoms with Crippen molar-refractivity contribution in [3.05, 3.63) is 28.7 Å². The van der Waals surface area contributed by atoms with Gasteiger partial charge in [-0.05, 0) is 19.0 Å². The van der Waals surface area contributed by atoms with Crippen molar-refractivity contribution in [3.8, 4) is 0 Å². The van der Waals surface area contributed by atoms with Crippen molar-refractivity contribution in [1.82, 2.24) is 14.4 Å². The molecule has 0 atom stereocenters. The lowest BCUT2D eigenvalue weighted by atomic mass is 10.3. The van der Waals surface area contributed by atoms with Crippen LogP contribution in [0.15, 0.2) is 23.1 Å². The molecule has 1 aliphatic heterocycles. The number of carbonyl (C=O) groups is 1. The van der Waals surface area contributed by atoms with Crippen LogP contribution in [0.5, 0.6) is 0 Å². The summed E-state index contributed by atoms with van der Waals surface area (Å²) in [5.74, 6) is 0.149. The smallest absolute Gasteiger partial charge is 0.250 e. The van der Waals surface area contributed by atoms with E-state index in [2.05, 4.69) is 4.90 Å². The Morgan fingerprint density at radius 2 is 1.90 bits per heavy atom. The van der Waals surface area contributed by atoms with Gasteiger partial charge in [-0.25, -0.2) is 0 Å². The zero-order valence-corrected chi connectivity index (χ0v) is 11.9. The number of hydrogen-bond acceptors (Lipinski definition) is 4. The molecule has 0 unspecified atom stereocenters. The van der Waals surface area contributed by atoms with E-state index in [9.17, 15) is 9.59 Å². The van der Waals surface area contributed by atoms with Gasteiger partial charge in [-0.3, -0.25) is 14.5 Å². The molecule has 1 aromatic heterocycles. The third kappa shape index (κ3) is 3.84. The lowest BCUT2D eigenvalue weighted by molar-refractivity contribution is -0.130. The van der Waals surface area contributed by atoms with E-state index < -0.39 is 0 Å². The van der Waals surface area contributed by atoms with Crippen molar-refractivity contribution < 1.29 is 4.79 Å². The summed E-state index contributed by atoms with van der Waals surface area (Å²) in [6, 6.07) is 3.13. The number of carbonyl (C=O) groups excluding carboxylic acids is 1. The van der Waals surface area contributed by atoms with Gasteiger partial charge < -0.3 is 15.2 Å². The number of hydrogen-bond donors (Lipinski definition) is 1. The molecule has 1 aliphatic rings. The second kappa shape index (κ2) is 6.56. The average Bonchev–Trinajstić information content (AvgIpc) is 2.43. The molecule has 1 saturated heterocycles. The predicted octanol–water partition coefficient (Wildman–Crippen LogP) is -0.0153. The van der Waals surface area contributed by atoms with Crippen LogP contribution in [0.4, 0.5) is 5.69 Å². The fourth-order valence-corrected chi connectivity index (χ4v) is 2.48. The zero-order valence-electron chi connectivity index (χ0n) is 11.9. The molecule has 6 nitrogen and oxygen atoms in total. The van der Waals surface area contributed by atoms with E-state index in [1.54, 1.807) is 23.8 Å². The number of piperazine rings is 1. The molecule has 1 aromatic rings. The molecule has 110 valence electrons. The van der Waals surface area contributed by atoms with Crippen LogP contribution in [0.1, 0.15) is 13.3 Å². The van der Waals surface area contributed by atoms with Gasteiger partial charge in [-0.1, -0.05) is 0 Å². The summed E-state index contributed by atoms with van der Waals surface area (Å²) in [7, 11) is 0. The highest BCUT2D eigenvalue weighted by atomic mass is 16.2. The van der Waals surface area contributed by atoms with E-state index in [0.29, 0.717) is 12.2 Å². The van der Waals surface area contributed by atoms with Gasteiger partial charge in [0.1, 0.15) is 0 Å². The number of aromatic nitrogens is 1. The molecule has 0 aromatic carbocycles.